The number of aryl methyl sites for hydroxylation is 2. The van der Waals surface area contributed by atoms with Crippen LogP contribution >= 0.6 is 0 Å². The van der Waals surface area contributed by atoms with Crippen LogP contribution in [0.2, 0.25) is 0 Å². The second kappa shape index (κ2) is 20.7. The maximum atomic E-state index is 11.8. The zero-order valence-electron chi connectivity index (χ0n) is 27.8. The molecule has 0 aromatic heterocycles. The van der Waals surface area contributed by atoms with Crippen molar-refractivity contribution in [2.45, 2.75) is 87.8 Å². The third kappa shape index (κ3) is 14.1. The Balaban J connectivity index is 0.000000333. The average molecular weight is 739 g/mol. The number of ether oxygens (including phenoxy) is 2. The molecule has 0 bridgehead atoms. The molecule has 2 N–H and O–H groups in total. The number of benzene rings is 4. The molecule has 10 nitrogen and oxygen atoms in total. The molecule has 0 aliphatic carbocycles. The molecule has 0 unspecified atom stereocenters. The van der Waals surface area contributed by atoms with Crippen LogP contribution in [0.4, 0.5) is 0 Å². The van der Waals surface area contributed by atoms with E-state index in [1.54, 1.807) is 24.3 Å². The summed E-state index contributed by atoms with van der Waals surface area (Å²) in [5, 5.41) is 20.4. The third-order valence-corrected chi connectivity index (χ3v) is 9.29. The molecular weight excluding hydrogens is 697 g/mol. The maximum absolute atomic E-state index is 11.8. The monoisotopic (exact) mass is 738 g/mol. The van der Waals surface area contributed by atoms with Gasteiger partial charge in [0.05, 0.1) is 0 Å². The summed E-state index contributed by atoms with van der Waals surface area (Å²) in [5.74, 6) is 0.669. The van der Waals surface area contributed by atoms with Crippen molar-refractivity contribution in [3.63, 3.8) is 0 Å². The number of hydrogen-bond acceptors (Lipinski definition) is 9. The number of rotatable bonds is 16. The van der Waals surface area contributed by atoms with E-state index in [0.29, 0.717) is 35.5 Å². The molecular formula is C36H42CaO10S2. The first-order valence-electron chi connectivity index (χ1n) is 15.9. The summed E-state index contributed by atoms with van der Waals surface area (Å²) in [6, 6.07) is 21.1. The number of phenols is 1. The summed E-state index contributed by atoms with van der Waals surface area (Å²) in [6.45, 7) is 4.20. The van der Waals surface area contributed by atoms with Gasteiger partial charge in [-0.2, -0.15) is 8.42 Å². The first kappa shape index (κ1) is 42.3. The van der Waals surface area contributed by atoms with Crippen LogP contribution < -0.4 is 14.6 Å². The Kier molecular flexibility index (Phi) is 17.9. The standard InChI is InChI=1S/2C18H22O5S.Ca/c2*1-2-3-4-5-7-14-8-6-9-17(18(14)24(20,21)22)23-16-12-10-15(19)11-13-16;/h2*6,8-13,19H,2-5,7H2,1H3,(H,20,21,22);/q;;+2/p-2. The summed E-state index contributed by atoms with van der Waals surface area (Å²) < 4.78 is 79.6. The van der Waals surface area contributed by atoms with E-state index in [4.69, 9.17) is 9.47 Å². The van der Waals surface area contributed by atoms with E-state index in [1.165, 1.54) is 60.7 Å². The van der Waals surface area contributed by atoms with Gasteiger partial charge in [0.25, 0.3) is 10.1 Å². The zero-order chi connectivity index (χ0) is 35.2. The Morgan fingerprint density at radius 3 is 1.47 bits per heavy atom. The third-order valence-electron chi connectivity index (χ3n) is 7.34. The summed E-state index contributed by atoms with van der Waals surface area (Å²) in [5.41, 5.74) is 1.02. The van der Waals surface area contributed by atoms with Crippen LogP contribution in [0.1, 0.15) is 76.3 Å². The number of phenolic OH excluding ortho intramolecular Hbond substituents is 1. The quantitative estimate of drug-likeness (QED) is 0.0657. The molecule has 4 rings (SSSR count). The van der Waals surface area contributed by atoms with Gasteiger partial charge in [-0.05, 0) is 85.3 Å². The predicted molar refractivity (Wildman–Crippen MR) is 186 cm³/mol. The van der Waals surface area contributed by atoms with Crippen molar-refractivity contribution in [1.82, 2.24) is 0 Å². The van der Waals surface area contributed by atoms with Gasteiger partial charge in [0.15, 0.2) is 0 Å². The number of hydrogen-bond donors (Lipinski definition) is 2. The number of aromatic hydroxyl groups is 1. The van der Waals surface area contributed by atoms with Gasteiger partial charge in [0, 0.05) is 0 Å². The first-order valence-corrected chi connectivity index (χ1v) is 18.8. The van der Waals surface area contributed by atoms with Gasteiger partial charge in [-0.15, -0.1) is 5.75 Å². The molecule has 4 aromatic rings. The van der Waals surface area contributed by atoms with Crippen molar-refractivity contribution in [3.05, 3.63) is 96.1 Å². The molecule has 0 amide bonds. The van der Waals surface area contributed by atoms with Crippen LogP contribution in [0.5, 0.6) is 34.5 Å². The summed E-state index contributed by atoms with van der Waals surface area (Å²) >= 11 is 0. The molecule has 0 aliphatic rings. The topological polar surface area (TPSA) is 173 Å². The van der Waals surface area contributed by atoms with Gasteiger partial charge in [-0.1, -0.05) is 88.8 Å². The molecule has 0 fully saturated rings. The Morgan fingerprint density at radius 2 is 1.04 bits per heavy atom. The van der Waals surface area contributed by atoms with Crippen LogP contribution in [0, 0.1) is 0 Å². The Bertz CT molecular complexity index is 1680. The van der Waals surface area contributed by atoms with Crippen molar-refractivity contribution in [2.24, 2.45) is 0 Å². The fraction of sp³-hybridized carbons (Fsp3) is 0.333. The minimum absolute atomic E-state index is 0. The molecule has 0 saturated carbocycles. The molecule has 0 atom stereocenters. The Labute approximate surface area is 319 Å². The second-order valence-corrected chi connectivity index (χ2v) is 13.9. The Hall–Kier alpha value is -2.84. The molecule has 260 valence electrons. The van der Waals surface area contributed by atoms with Crippen molar-refractivity contribution in [2.75, 3.05) is 0 Å². The molecule has 0 aliphatic heterocycles. The number of unbranched alkanes of at least 4 members (excludes halogenated alkanes) is 6. The van der Waals surface area contributed by atoms with E-state index in [-0.39, 0.29) is 70.5 Å². The second-order valence-electron chi connectivity index (χ2n) is 11.2. The van der Waals surface area contributed by atoms with Gasteiger partial charge < -0.3 is 24.2 Å². The van der Waals surface area contributed by atoms with Crippen molar-refractivity contribution < 1.29 is 45.6 Å². The van der Waals surface area contributed by atoms with E-state index in [0.717, 1.165) is 51.4 Å². The zero-order valence-corrected chi connectivity index (χ0v) is 31.7. The van der Waals surface area contributed by atoms with Crippen LogP contribution in [0.3, 0.4) is 0 Å². The van der Waals surface area contributed by atoms with Gasteiger partial charge in [-0.3, -0.25) is 4.55 Å². The van der Waals surface area contributed by atoms with Gasteiger partial charge in [0.2, 0.25) is 0 Å². The van der Waals surface area contributed by atoms with Crippen LogP contribution in [0.25, 0.3) is 0 Å². The van der Waals surface area contributed by atoms with Gasteiger partial charge >= 0.3 is 37.7 Å². The van der Waals surface area contributed by atoms with Crippen LogP contribution in [0.15, 0.2) is 94.7 Å². The maximum Gasteiger partial charge on any atom is 2.00 e. The Morgan fingerprint density at radius 1 is 0.612 bits per heavy atom. The van der Waals surface area contributed by atoms with E-state index in [1.807, 2.05) is 0 Å². The van der Waals surface area contributed by atoms with Crippen LogP contribution in [-0.2, 0) is 33.1 Å². The van der Waals surface area contributed by atoms with E-state index in [9.17, 15) is 36.2 Å². The predicted octanol–water partition coefficient (Wildman–Crippen LogP) is 7.75. The normalized spacial score (nSPS) is 11.2. The molecule has 0 spiro atoms. The molecule has 4 aromatic carbocycles. The summed E-state index contributed by atoms with van der Waals surface area (Å²) in [6.07, 6.45) is 9.03. The fourth-order valence-corrected chi connectivity index (χ4v) is 6.73. The largest absolute Gasteiger partial charge is 2.00 e. The molecule has 0 heterocycles. The molecule has 0 radical (unpaired) electrons. The SMILES string of the molecule is CCCCCCc1cccc(Oc2ccc(O)cc2)c1S(=O)(=O)O.CCCCCCc1cccc(Oc2ccc([O-])cc2)c1S(=O)(=O)[O-].[Ca+2]. The molecule has 13 heteroatoms. The van der Waals surface area contributed by atoms with Crippen LogP contribution in [-0.4, -0.2) is 68.8 Å². The van der Waals surface area contributed by atoms with E-state index >= 15 is 0 Å². The van der Waals surface area contributed by atoms with Gasteiger partial charge in [-0.25, -0.2) is 8.42 Å². The van der Waals surface area contributed by atoms with Gasteiger partial charge in [0.1, 0.15) is 48.7 Å². The van der Waals surface area contributed by atoms with Crippen molar-refractivity contribution >= 4 is 58.0 Å². The van der Waals surface area contributed by atoms with Crippen molar-refractivity contribution in [1.29, 1.82) is 0 Å². The minimum atomic E-state index is -4.67. The average Bonchev–Trinajstić information content (AvgIpc) is 3.03. The summed E-state index contributed by atoms with van der Waals surface area (Å²) in [4.78, 5) is -0.498. The van der Waals surface area contributed by atoms with Crippen molar-refractivity contribution in [3.8, 4) is 34.5 Å². The van der Waals surface area contributed by atoms with E-state index < -0.39 is 20.2 Å². The fourth-order valence-electron chi connectivity index (χ4n) is 5.01. The smallest absolute Gasteiger partial charge is 0.872 e. The van der Waals surface area contributed by atoms with E-state index in [2.05, 4.69) is 13.8 Å². The molecule has 0 saturated heterocycles. The molecule has 49 heavy (non-hydrogen) atoms. The first-order chi connectivity index (χ1) is 22.8. The summed E-state index contributed by atoms with van der Waals surface area (Å²) in [7, 11) is -9.08. The minimum Gasteiger partial charge on any atom is -0.872 e.